The van der Waals surface area contributed by atoms with Crippen LogP contribution in [0, 0.1) is 5.82 Å². The van der Waals surface area contributed by atoms with Crippen LogP contribution < -0.4 is 4.90 Å². The third kappa shape index (κ3) is 2.75. The Kier molecular flexibility index (Phi) is 3.96. The number of thioether (sulfide) groups is 1. The van der Waals surface area contributed by atoms with Crippen molar-refractivity contribution in [3.63, 3.8) is 0 Å². The standard InChI is InChI=1S/C16H10FNO2S2/c17-11-5-7-12(8-6-11)18-15(20)14(22-16(18)21)9-10-3-1-2-4-13(10)19/h1-9,19H/b14-9-. The van der Waals surface area contributed by atoms with Gasteiger partial charge in [0, 0.05) is 5.56 Å². The van der Waals surface area contributed by atoms with Gasteiger partial charge in [-0.1, -0.05) is 42.2 Å². The first-order chi connectivity index (χ1) is 10.6. The molecule has 0 spiro atoms. The largest absolute Gasteiger partial charge is 0.507 e. The number of rotatable bonds is 2. The van der Waals surface area contributed by atoms with Gasteiger partial charge in [0.05, 0.1) is 10.6 Å². The Balaban J connectivity index is 1.95. The molecule has 1 saturated heterocycles. The first-order valence-electron chi connectivity index (χ1n) is 6.38. The van der Waals surface area contributed by atoms with Crippen molar-refractivity contribution in [1.29, 1.82) is 0 Å². The fourth-order valence-corrected chi connectivity index (χ4v) is 3.32. The second kappa shape index (κ2) is 5.90. The number of thiocarbonyl (C=S) groups is 1. The first kappa shape index (κ1) is 14.7. The van der Waals surface area contributed by atoms with Crippen molar-refractivity contribution in [2.75, 3.05) is 4.90 Å². The maximum atomic E-state index is 13.0. The summed E-state index contributed by atoms with van der Waals surface area (Å²) in [5.74, 6) is -0.571. The molecule has 0 unspecified atom stereocenters. The smallest absolute Gasteiger partial charge is 0.270 e. The fourth-order valence-electron chi connectivity index (χ4n) is 2.03. The molecule has 0 aliphatic carbocycles. The zero-order chi connectivity index (χ0) is 15.7. The molecular formula is C16H10FNO2S2. The van der Waals surface area contributed by atoms with Gasteiger partial charge in [0.15, 0.2) is 4.32 Å². The fraction of sp³-hybridized carbons (Fsp3) is 0. The highest BCUT2D eigenvalue weighted by molar-refractivity contribution is 8.27. The molecule has 1 N–H and O–H groups in total. The van der Waals surface area contributed by atoms with Crippen molar-refractivity contribution in [2.24, 2.45) is 0 Å². The number of phenols is 1. The highest BCUT2D eigenvalue weighted by atomic mass is 32.2. The molecular weight excluding hydrogens is 321 g/mol. The van der Waals surface area contributed by atoms with Gasteiger partial charge in [-0.2, -0.15) is 0 Å². The van der Waals surface area contributed by atoms with Gasteiger partial charge in [-0.15, -0.1) is 0 Å². The third-order valence-electron chi connectivity index (χ3n) is 3.10. The number of halogens is 1. The average Bonchev–Trinajstić information content (AvgIpc) is 2.77. The number of nitrogens with zero attached hydrogens (tertiary/aromatic N) is 1. The van der Waals surface area contributed by atoms with Gasteiger partial charge in [-0.25, -0.2) is 4.39 Å². The molecule has 1 amide bonds. The molecule has 0 aromatic heterocycles. The number of aromatic hydroxyl groups is 1. The van der Waals surface area contributed by atoms with Gasteiger partial charge in [-0.3, -0.25) is 9.69 Å². The number of carbonyl (C=O) groups excluding carboxylic acids is 1. The number of hydrogen-bond donors (Lipinski definition) is 1. The summed E-state index contributed by atoms with van der Waals surface area (Å²) in [6.45, 7) is 0. The number of hydrogen-bond acceptors (Lipinski definition) is 4. The predicted octanol–water partition coefficient (Wildman–Crippen LogP) is 3.94. The molecule has 3 nitrogen and oxygen atoms in total. The second-order valence-electron chi connectivity index (χ2n) is 4.55. The summed E-state index contributed by atoms with van der Waals surface area (Å²) in [7, 11) is 0. The SMILES string of the molecule is O=C1/C(=C/c2ccccc2O)SC(=S)N1c1ccc(F)cc1. The molecule has 0 atom stereocenters. The van der Waals surface area contributed by atoms with E-state index in [-0.39, 0.29) is 17.5 Å². The second-order valence-corrected chi connectivity index (χ2v) is 6.23. The van der Waals surface area contributed by atoms with Crippen LogP contribution in [0.2, 0.25) is 0 Å². The van der Waals surface area contributed by atoms with Crippen LogP contribution in [0.25, 0.3) is 6.08 Å². The molecule has 0 radical (unpaired) electrons. The maximum Gasteiger partial charge on any atom is 0.270 e. The molecule has 1 fully saturated rings. The molecule has 2 aromatic carbocycles. The third-order valence-corrected chi connectivity index (χ3v) is 4.40. The summed E-state index contributed by atoms with van der Waals surface area (Å²) >= 11 is 6.38. The van der Waals surface area contributed by atoms with Crippen LogP contribution in [0.1, 0.15) is 5.56 Å². The molecule has 0 saturated carbocycles. The Morgan fingerprint density at radius 2 is 1.82 bits per heavy atom. The summed E-state index contributed by atoms with van der Waals surface area (Å²) in [5, 5.41) is 9.78. The van der Waals surface area contributed by atoms with Gasteiger partial charge < -0.3 is 5.11 Å². The Bertz CT molecular complexity index is 787. The van der Waals surface area contributed by atoms with Crippen molar-refractivity contribution >= 4 is 46.0 Å². The quantitative estimate of drug-likeness (QED) is 0.668. The van der Waals surface area contributed by atoms with E-state index in [0.717, 1.165) is 11.8 Å². The minimum absolute atomic E-state index is 0.0922. The predicted molar refractivity (Wildman–Crippen MR) is 90.2 cm³/mol. The number of para-hydroxylation sites is 1. The highest BCUT2D eigenvalue weighted by Gasteiger charge is 2.33. The van der Waals surface area contributed by atoms with Crippen LogP contribution in [0.3, 0.4) is 0 Å². The van der Waals surface area contributed by atoms with Gasteiger partial charge in [0.2, 0.25) is 0 Å². The van der Waals surface area contributed by atoms with Gasteiger partial charge >= 0.3 is 0 Å². The Hall–Kier alpha value is -2.18. The Labute approximate surface area is 136 Å². The number of benzene rings is 2. The lowest BCUT2D eigenvalue weighted by molar-refractivity contribution is -0.113. The zero-order valence-corrected chi connectivity index (χ0v) is 12.8. The molecule has 110 valence electrons. The summed E-state index contributed by atoms with van der Waals surface area (Å²) < 4.78 is 13.4. The number of phenolic OH excluding ortho intramolecular Hbond substituents is 1. The van der Waals surface area contributed by atoms with E-state index in [2.05, 4.69) is 0 Å². The molecule has 2 aromatic rings. The summed E-state index contributed by atoms with van der Waals surface area (Å²) in [6, 6.07) is 12.3. The van der Waals surface area contributed by atoms with E-state index in [9.17, 15) is 14.3 Å². The van der Waals surface area contributed by atoms with Gasteiger partial charge in [-0.05, 0) is 36.4 Å². The molecule has 1 aliphatic heterocycles. The van der Waals surface area contributed by atoms with E-state index in [4.69, 9.17) is 12.2 Å². The summed E-state index contributed by atoms with van der Waals surface area (Å²) in [6.07, 6.45) is 1.60. The molecule has 1 heterocycles. The van der Waals surface area contributed by atoms with Crippen molar-refractivity contribution in [1.82, 2.24) is 0 Å². The van der Waals surface area contributed by atoms with Crippen molar-refractivity contribution in [2.45, 2.75) is 0 Å². The van der Waals surface area contributed by atoms with Crippen LogP contribution in [0.5, 0.6) is 5.75 Å². The summed E-state index contributed by atoms with van der Waals surface area (Å²) in [4.78, 5) is 14.3. The van der Waals surface area contributed by atoms with E-state index in [1.165, 1.54) is 29.2 Å². The minimum atomic E-state index is -0.376. The van der Waals surface area contributed by atoms with Crippen LogP contribution in [-0.2, 0) is 4.79 Å². The molecule has 6 heteroatoms. The monoisotopic (exact) mass is 331 g/mol. The summed E-state index contributed by atoms with van der Waals surface area (Å²) in [5.41, 5.74) is 1.06. The zero-order valence-electron chi connectivity index (χ0n) is 11.2. The number of amides is 1. The Morgan fingerprint density at radius 3 is 2.50 bits per heavy atom. The first-order valence-corrected chi connectivity index (χ1v) is 7.60. The number of carbonyl (C=O) groups is 1. The highest BCUT2D eigenvalue weighted by Crippen LogP contribution is 2.36. The normalized spacial score (nSPS) is 16.6. The van der Waals surface area contributed by atoms with Crippen LogP contribution in [0.4, 0.5) is 10.1 Å². The van der Waals surface area contributed by atoms with Crippen LogP contribution in [-0.4, -0.2) is 15.3 Å². The topological polar surface area (TPSA) is 40.5 Å². The lowest BCUT2D eigenvalue weighted by Gasteiger charge is -2.14. The van der Waals surface area contributed by atoms with E-state index in [1.54, 1.807) is 30.3 Å². The van der Waals surface area contributed by atoms with Crippen LogP contribution in [0.15, 0.2) is 53.4 Å². The van der Waals surface area contributed by atoms with Gasteiger partial charge in [0.1, 0.15) is 11.6 Å². The van der Waals surface area contributed by atoms with Crippen molar-refractivity contribution in [3.05, 3.63) is 64.8 Å². The van der Waals surface area contributed by atoms with Crippen LogP contribution >= 0.6 is 24.0 Å². The van der Waals surface area contributed by atoms with E-state index in [1.807, 2.05) is 0 Å². The average molecular weight is 331 g/mol. The molecule has 3 rings (SSSR count). The van der Waals surface area contributed by atoms with Crippen molar-refractivity contribution in [3.8, 4) is 5.75 Å². The molecule has 22 heavy (non-hydrogen) atoms. The van der Waals surface area contributed by atoms with E-state index in [0.29, 0.717) is 20.5 Å². The van der Waals surface area contributed by atoms with E-state index >= 15 is 0 Å². The van der Waals surface area contributed by atoms with Crippen molar-refractivity contribution < 1.29 is 14.3 Å². The Morgan fingerprint density at radius 1 is 1.14 bits per heavy atom. The molecule has 0 bridgehead atoms. The molecule has 1 aliphatic rings. The van der Waals surface area contributed by atoms with Gasteiger partial charge in [0.25, 0.3) is 5.91 Å². The lowest BCUT2D eigenvalue weighted by Crippen LogP contribution is -2.27. The lowest BCUT2D eigenvalue weighted by atomic mass is 10.2. The van der Waals surface area contributed by atoms with E-state index < -0.39 is 0 Å². The number of anilines is 1. The minimum Gasteiger partial charge on any atom is -0.507 e. The maximum absolute atomic E-state index is 13.0.